The molecule has 2 heterocycles. The molecule has 1 N–H and O–H groups in total. The van der Waals surface area contributed by atoms with Crippen LogP contribution in [-0.2, 0) is 11.3 Å². The number of nitrogens with one attached hydrogen (secondary N) is 1. The van der Waals surface area contributed by atoms with E-state index in [1.807, 2.05) is 0 Å². The molecule has 0 bridgehead atoms. The van der Waals surface area contributed by atoms with Crippen molar-refractivity contribution in [3.05, 3.63) is 29.3 Å². The Kier molecular flexibility index (Phi) is 2.42. The van der Waals surface area contributed by atoms with Gasteiger partial charge in [-0.3, -0.25) is 0 Å². The van der Waals surface area contributed by atoms with Gasteiger partial charge in [0.1, 0.15) is 0 Å². The zero-order valence-corrected chi connectivity index (χ0v) is 10.8. The van der Waals surface area contributed by atoms with E-state index in [1.165, 1.54) is 16.8 Å². The Morgan fingerprint density at radius 3 is 3.00 bits per heavy atom. The topological polar surface area (TPSA) is 24.5 Å². The average molecular weight is 232 g/mol. The molecule has 1 aromatic rings. The van der Waals surface area contributed by atoms with Crippen LogP contribution in [0.15, 0.2) is 18.2 Å². The number of anilines is 1. The molecule has 0 aliphatic carbocycles. The Morgan fingerprint density at radius 1 is 1.41 bits per heavy atom. The Hall–Kier alpha value is -1.06. The van der Waals surface area contributed by atoms with Crippen molar-refractivity contribution in [1.29, 1.82) is 0 Å². The number of benzene rings is 1. The Labute approximate surface area is 103 Å². The molecule has 2 aliphatic rings. The summed E-state index contributed by atoms with van der Waals surface area (Å²) in [4.78, 5) is 2.17. The Bertz CT molecular complexity index is 444. The van der Waals surface area contributed by atoms with Crippen molar-refractivity contribution in [3.8, 4) is 0 Å². The van der Waals surface area contributed by atoms with Crippen LogP contribution in [0.1, 0.15) is 24.0 Å². The van der Waals surface area contributed by atoms with E-state index in [0.29, 0.717) is 5.92 Å². The molecule has 2 atom stereocenters. The molecule has 3 heteroatoms. The summed E-state index contributed by atoms with van der Waals surface area (Å²) in [6.07, 6.45) is 0. The predicted molar refractivity (Wildman–Crippen MR) is 69.6 cm³/mol. The van der Waals surface area contributed by atoms with Crippen LogP contribution in [-0.4, -0.2) is 32.8 Å². The predicted octanol–water partition coefficient (Wildman–Crippen LogP) is 1.73. The van der Waals surface area contributed by atoms with Crippen LogP contribution in [0.5, 0.6) is 0 Å². The van der Waals surface area contributed by atoms with E-state index in [9.17, 15) is 0 Å². The summed E-state index contributed by atoms with van der Waals surface area (Å²) in [5, 5.41) is 3.46. The molecule has 1 aromatic carbocycles. The van der Waals surface area contributed by atoms with Crippen molar-refractivity contribution in [3.63, 3.8) is 0 Å². The molecule has 0 radical (unpaired) electrons. The number of nitrogens with zero attached hydrogens (tertiary/aromatic N) is 1. The van der Waals surface area contributed by atoms with Gasteiger partial charge in [0.2, 0.25) is 0 Å². The van der Waals surface area contributed by atoms with Crippen molar-refractivity contribution in [2.24, 2.45) is 0 Å². The second kappa shape index (κ2) is 3.72. The first-order valence-electron chi connectivity index (χ1n) is 6.25. The zero-order chi connectivity index (χ0) is 12.0. The van der Waals surface area contributed by atoms with E-state index >= 15 is 0 Å². The summed E-state index contributed by atoms with van der Waals surface area (Å²) in [6, 6.07) is 6.60. The molecule has 0 saturated carbocycles. The van der Waals surface area contributed by atoms with Crippen molar-refractivity contribution in [2.75, 3.05) is 32.1 Å². The molecule has 1 fully saturated rings. The highest BCUT2D eigenvalue weighted by Gasteiger charge is 2.44. The molecule has 3 nitrogen and oxygen atoms in total. The fraction of sp³-hybridized carbons (Fsp3) is 0.571. The van der Waals surface area contributed by atoms with Crippen LogP contribution in [0.2, 0.25) is 0 Å². The normalized spacial score (nSPS) is 30.9. The van der Waals surface area contributed by atoms with Crippen LogP contribution in [0.3, 0.4) is 0 Å². The van der Waals surface area contributed by atoms with Gasteiger partial charge in [0.05, 0.1) is 12.2 Å². The number of hydrogen-bond acceptors (Lipinski definition) is 3. The van der Waals surface area contributed by atoms with E-state index in [0.717, 1.165) is 19.7 Å². The average Bonchev–Trinajstić information content (AvgIpc) is 2.70. The third-order valence-corrected chi connectivity index (χ3v) is 4.15. The first kappa shape index (κ1) is 11.1. The van der Waals surface area contributed by atoms with E-state index in [4.69, 9.17) is 4.74 Å². The fourth-order valence-electron chi connectivity index (χ4n) is 3.13. The van der Waals surface area contributed by atoms with Gasteiger partial charge in [-0.25, -0.2) is 0 Å². The maximum absolute atomic E-state index is 6.12. The lowest BCUT2D eigenvalue weighted by molar-refractivity contribution is -0.0515. The Morgan fingerprint density at radius 2 is 2.24 bits per heavy atom. The van der Waals surface area contributed by atoms with E-state index < -0.39 is 0 Å². The lowest BCUT2D eigenvalue weighted by Gasteiger charge is -2.38. The molecular formula is C14H20N2O. The van der Waals surface area contributed by atoms with Gasteiger partial charge in [0.15, 0.2) is 0 Å². The van der Waals surface area contributed by atoms with Gasteiger partial charge < -0.3 is 15.0 Å². The second-order valence-electron chi connectivity index (χ2n) is 5.52. The number of fused-ring (bicyclic) bond motifs is 3. The first-order valence-corrected chi connectivity index (χ1v) is 6.25. The largest absolute Gasteiger partial charge is 0.377 e. The summed E-state index contributed by atoms with van der Waals surface area (Å²) < 4.78 is 6.12. The summed E-state index contributed by atoms with van der Waals surface area (Å²) >= 11 is 0. The van der Waals surface area contributed by atoms with Gasteiger partial charge in [0, 0.05) is 44.4 Å². The molecule has 17 heavy (non-hydrogen) atoms. The van der Waals surface area contributed by atoms with Crippen LogP contribution in [0, 0.1) is 0 Å². The second-order valence-corrected chi connectivity index (χ2v) is 5.52. The molecule has 0 aromatic heterocycles. The number of ether oxygens (including phenoxy) is 1. The molecule has 1 saturated heterocycles. The highest BCUT2D eigenvalue weighted by atomic mass is 16.5. The smallest absolute Gasteiger partial charge is 0.0863 e. The zero-order valence-electron chi connectivity index (χ0n) is 10.8. The van der Waals surface area contributed by atoms with Crippen LogP contribution < -0.4 is 10.2 Å². The van der Waals surface area contributed by atoms with Gasteiger partial charge in [-0.2, -0.15) is 0 Å². The Balaban J connectivity index is 2.10. The summed E-state index contributed by atoms with van der Waals surface area (Å²) in [5.74, 6) is 0.492. The molecule has 92 valence electrons. The molecule has 2 aliphatic heterocycles. The SMILES string of the molecule is CN(C)c1cccc2c1CO[C@]1(C)CNC[C@H]21. The van der Waals surface area contributed by atoms with Gasteiger partial charge >= 0.3 is 0 Å². The molecule has 0 spiro atoms. The van der Waals surface area contributed by atoms with Gasteiger partial charge in [-0.15, -0.1) is 0 Å². The summed E-state index contributed by atoms with van der Waals surface area (Å²) in [6.45, 7) is 4.95. The number of rotatable bonds is 1. The van der Waals surface area contributed by atoms with Crippen molar-refractivity contribution in [2.45, 2.75) is 25.0 Å². The standard InChI is InChI=1S/C14H20N2O/c1-14-9-15-7-12(14)10-5-4-6-13(16(2)3)11(10)8-17-14/h4-6,12,15H,7-9H2,1-3H3/t12-,14-/m1/s1. The van der Waals surface area contributed by atoms with Gasteiger partial charge in [-0.1, -0.05) is 12.1 Å². The maximum Gasteiger partial charge on any atom is 0.0863 e. The van der Waals surface area contributed by atoms with Crippen LogP contribution in [0.25, 0.3) is 0 Å². The van der Waals surface area contributed by atoms with Gasteiger partial charge in [-0.05, 0) is 18.6 Å². The van der Waals surface area contributed by atoms with Crippen LogP contribution in [0.4, 0.5) is 5.69 Å². The molecule has 0 unspecified atom stereocenters. The third-order valence-electron chi connectivity index (χ3n) is 4.15. The molecule has 3 rings (SSSR count). The van der Waals surface area contributed by atoms with Crippen molar-refractivity contribution < 1.29 is 4.74 Å². The molecular weight excluding hydrogens is 212 g/mol. The lowest BCUT2D eigenvalue weighted by atomic mass is 9.81. The van der Waals surface area contributed by atoms with Gasteiger partial charge in [0.25, 0.3) is 0 Å². The quantitative estimate of drug-likeness (QED) is 0.798. The maximum atomic E-state index is 6.12. The minimum atomic E-state index is -0.0159. The lowest BCUT2D eigenvalue weighted by Crippen LogP contribution is -2.40. The minimum Gasteiger partial charge on any atom is -0.377 e. The molecule has 0 amide bonds. The van der Waals surface area contributed by atoms with Crippen molar-refractivity contribution >= 4 is 5.69 Å². The fourth-order valence-corrected chi connectivity index (χ4v) is 3.13. The third kappa shape index (κ3) is 1.57. The van der Waals surface area contributed by atoms with E-state index in [1.54, 1.807) is 0 Å². The van der Waals surface area contributed by atoms with Crippen LogP contribution >= 0.6 is 0 Å². The summed E-state index contributed by atoms with van der Waals surface area (Å²) in [5.41, 5.74) is 4.10. The highest BCUT2D eigenvalue weighted by molar-refractivity contribution is 5.58. The number of hydrogen-bond donors (Lipinski definition) is 1. The minimum absolute atomic E-state index is 0.0159. The van der Waals surface area contributed by atoms with E-state index in [-0.39, 0.29) is 5.60 Å². The van der Waals surface area contributed by atoms with E-state index in [2.05, 4.69) is 49.4 Å². The first-order chi connectivity index (χ1) is 8.12. The van der Waals surface area contributed by atoms with Crippen molar-refractivity contribution in [1.82, 2.24) is 5.32 Å². The summed E-state index contributed by atoms with van der Waals surface area (Å²) in [7, 11) is 4.19. The monoisotopic (exact) mass is 232 g/mol. The highest BCUT2D eigenvalue weighted by Crippen LogP contribution is 2.43.